The topological polar surface area (TPSA) is 71.7 Å². The molecule has 5 nitrogen and oxygen atoms in total. The molecule has 2 unspecified atom stereocenters. The molecule has 1 aromatic heterocycles. The molecule has 1 aromatic carbocycles. The molecule has 0 spiro atoms. The SMILES string of the molecule is Cc1ccc(C2CC2C(=O)On2c(O)ccc2O)cc1. The first kappa shape index (κ1) is 12.6. The van der Waals surface area contributed by atoms with Crippen molar-refractivity contribution in [2.24, 2.45) is 5.92 Å². The third-order valence-corrected chi connectivity index (χ3v) is 3.58. The van der Waals surface area contributed by atoms with E-state index in [1.807, 2.05) is 31.2 Å². The molecular weight excluding hydrogens is 258 g/mol. The molecule has 1 aliphatic carbocycles. The normalized spacial score (nSPS) is 20.6. The third-order valence-electron chi connectivity index (χ3n) is 3.58. The summed E-state index contributed by atoms with van der Waals surface area (Å²) in [6.07, 6.45) is 0.727. The quantitative estimate of drug-likeness (QED) is 0.896. The van der Waals surface area contributed by atoms with Crippen LogP contribution >= 0.6 is 0 Å². The van der Waals surface area contributed by atoms with Crippen LogP contribution in [-0.2, 0) is 4.79 Å². The molecule has 0 radical (unpaired) electrons. The second-order valence-electron chi connectivity index (χ2n) is 5.11. The van der Waals surface area contributed by atoms with Gasteiger partial charge in [0.05, 0.1) is 5.92 Å². The Bertz CT molecular complexity index is 625. The maximum Gasteiger partial charge on any atom is 0.336 e. The van der Waals surface area contributed by atoms with Gasteiger partial charge in [-0.05, 0) is 24.8 Å². The van der Waals surface area contributed by atoms with Crippen LogP contribution in [0.1, 0.15) is 23.5 Å². The van der Waals surface area contributed by atoms with E-state index in [9.17, 15) is 15.0 Å². The molecule has 0 aliphatic heterocycles. The number of aromatic nitrogens is 1. The molecule has 3 rings (SSSR count). The van der Waals surface area contributed by atoms with Gasteiger partial charge in [0.1, 0.15) is 0 Å². The lowest BCUT2D eigenvalue weighted by molar-refractivity contribution is -0.147. The highest BCUT2D eigenvalue weighted by molar-refractivity contribution is 5.77. The molecule has 104 valence electrons. The molecule has 1 saturated carbocycles. The molecule has 2 atom stereocenters. The lowest BCUT2D eigenvalue weighted by atomic mass is 10.1. The van der Waals surface area contributed by atoms with Crippen molar-refractivity contribution in [3.63, 3.8) is 0 Å². The number of carbonyl (C=O) groups excluding carboxylic acids is 1. The van der Waals surface area contributed by atoms with E-state index in [0.717, 1.165) is 16.7 Å². The molecule has 2 aromatic rings. The van der Waals surface area contributed by atoms with E-state index in [-0.39, 0.29) is 23.6 Å². The van der Waals surface area contributed by atoms with Crippen LogP contribution in [0.5, 0.6) is 11.8 Å². The van der Waals surface area contributed by atoms with E-state index >= 15 is 0 Å². The lowest BCUT2D eigenvalue weighted by Gasteiger charge is -2.06. The Morgan fingerprint density at radius 1 is 1.15 bits per heavy atom. The van der Waals surface area contributed by atoms with Crippen molar-refractivity contribution in [2.45, 2.75) is 19.3 Å². The van der Waals surface area contributed by atoms with E-state index in [1.54, 1.807) is 0 Å². The van der Waals surface area contributed by atoms with Crippen LogP contribution in [-0.4, -0.2) is 20.9 Å². The number of carbonyl (C=O) groups is 1. The van der Waals surface area contributed by atoms with Gasteiger partial charge in [-0.3, -0.25) is 0 Å². The van der Waals surface area contributed by atoms with Crippen LogP contribution < -0.4 is 4.84 Å². The number of rotatable bonds is 3. The van der Waals surface area contributed by atoms with Crippen molar-refractivity contribution in [1.82, 2.24) is 4.73 Å². The Balaban J connectivity index is 1.67. The molecule has 1 fully saturated rings. The van der Waals surface area contributed by atoms with Gasteiger partial charge in [0.2, 0.25) is 11.8 Å². The minimum atomic E-state index is -0.447. The Kier molecular flexibility index (Phi) is 2.89. The smallest absolute Gasteiger partial charge is 0.336 e. The van der Waals surface area contributed by atoms with Crippen molar-refractivity contribution in [2.75, 3.05) is 0 Å². The largest absolute Gasteiger partial charge is 0.492 e. The van der Waals surface area contributed by atoms with Crippen molar-refractivity contribution in [1.29, 1.82) is 0 Å². The predicted molar refractivity (Wildman–Crippen MR) is 71.4 cm³/mol. The fraction of sp³-hybridized carbons (Fsp3) is 0.267. The summed E-state index contributed by atoms with van der Waals surface area (Å²) in [5.74, 6) is -1.12. The minimum absolute atomic E-state index is 0.156. The molecule has 1 aliphatic rings. The second-order valence-corrected chi connectivity index (χ2v) is 5.11. The molecule has 0 amide bonds. The summed E-state index contributed by atoms with van der Waals surface area (Å²) < 4.78 is 0.729. The number of hydrogen-bond acceptors (Lipinski definition) is 4. The standard InChI is InChI=1S/C15H15NO4/c1-9-2-4-10(5-3-9)11-8-12(11)15(19)20-16-13(17)6-7-14(16)18/h2-7,11-12,17-18H,8H2,1H3. The van der Waals surface area contributed by atoms with E-state index in [1.165, 1.54) is 17.7 Å². The zero-order valence-corrected chi connectivity index (χ0v) is 11.0. The molecule has 2 N–H and O–H groups in total. The van der Waals surface area contributed by atoms with Crippen LogP contribution in [0.15, 0.2) is 36.4 Å². The first-order valence-electron chi connectivity index (χ1n) is 6.44. The summed E-state index contributed by atoms with van der Waals surface area (Å²) >= 11 is 0. The van der Waals surface area contributed by atoms with Crippen molar-refractivity contribution >= 4 is 5.97 Å². The maximum absolute atomic E-state index is 12.0. The highest BCUT2D eigenvalue weighted by Crippen LogP contribution is 2.47. The van der Waals surface area contributed by atoms with Gasteiger partial charge in [0.15, 0.2) is 0 Å². The van der Waals surface area contributed by atoms with Gasteiger partial charge in [-0.2, -0.15) is 0 Å². The van der Waals surface area contributed by atoms with Crippen LogP contribution in [0, 0.1) is 12.8 Å². The Morgan fingerprint density at radius 2 is 1.75 bits per heavy atom. The van der Waals surface area contributed by atoms with Crippen LogP contribution in [0.3, 0.4) is 0 Å². The van der Waals surface area contributed by atoms with Gasteiger partial charge >= 0.3 is 5.97 Å². The Morgan fingerprint density at radius 3 is 2.35 bits per heavy atom. The molecule has 0 saturated heterocycles. The Labute approximate surface area is 116 Å². The number of hydrogen-bond donors (Lipinski definition) is 2. The van der Waals surface area contributed by atoms with Crippen molar-refractivity contribution in [3.8, 4) is 11.8 Å². The number of benzene rings is 1. The highest BCUT2D eigenvalue weighted by Gasteiger charge is 2.46. The first-order chi connectivity index (χ1) is 9.56. The summed E-state index contributed by atoms with van der Waals surface area (Å²) in [5.41, 5.74) is 2.29. The highest BCUT2D eigenvalue weighted by atomic mass is 16.7. The van der Waals surface area contributed by atoms with Crippen molar-refractivity contribution in [3.05, 3.63) is 47.5 Å². The van der Waals surface area contributed by atoms with Gasteiger partial charge in [-0.1, -0.05) is 29.8 Å². The van der Waals surface area contributed by atoms with E-state index < -0.39 is 5.97 Å². The molecular formula is C15H15NO4. The molecule has 1 heterocycles. The van der Waals surface area contributed by atoms with Crippen molar-refractivity contribution < 1.29 is 19.8 Å². The predicted octanol–water partition coefficient (Wildman–Crippen LogP) is 1.97. The fourth-order valence-electron chi connectivity index (χ4n) is 2.29. The number of aromatic hydroxyl groups is 2. The summed E-state index contributed by atoms with van der Waals surface area (Å²) in [6.45, 7) is 2.01. The van der Waals surface area contributed by atoms with Gasteiger partial charge in [-0.15, -0.1) is 4.73 Å². The molecule has 0 bridgehead atoms. The third kappa shape index (κ3) is 2.22. The van der Waals surface area contributed by atoms with Gasteiger partial charge < -0.3 is 15.1 Å². The van der Waals surface area contributed by atoms with Crippen LogP contribution in [0.25, 0.3) is 0 Å². The number of nitrogens with zero attached hydrogens (tertiary/aromatic N) is 1. The zero-order chi connectivity index (χ0) is 14.3. The van der Waals surface area contributed by atoms with Crippen LogP contribution in [0.2, 0.25) is 0 Å². The first-order valence-corrected chi connectivity index (χ1v) is 6.44. The van der Waals surface area contributed by atoms with Gasteiger partial charge in [0.25, 0.3) is 0 Å². The lowest BCUT2D eigenvalue weighted by Crippen LogP contribution is -2.21. The fourth-order valence-corrected chi connectivity index (χ4v) is 2.29. The summed E-state index contributed by atoms with van der Waals surface area (Å²) in [6, 6.07) is 10.6. The van der Waals surface area contributed by atoms with E-state index in [0.29, 0.717) is 0 Å². The Hall–Kier alpha value is -2.43. The molecule has 5 heteroatoms. The molecule has 20 heavy (non-hydrogen) atoms. The summed E-state index contributed by atoms with van der Waals surface area (Å²) in [5, 5.41) is 18.8. The monoisotopic (exact) mass is 273 g/mol. The second kappa shape index (κ2) is 4.59. The zero-order valence-electron chi connectivity index (χ0n) is 11.0. The minimum Gasteiger partial charge on any atom is -0.492 e. The number of aryl methyl sites for hydroxylation is 1. The van der Waals surface area contributed by atoms with Crippen LogP contribution in [0.4, 0.5) is 0 Å². The summed E-state index contributed by atoms with van der Waals surface area (Å²) in [4.78, 5) is 17.0. The average molecular weight is 273 g/mol. The maximum atomic E-state index is 12.0. The average Bonchev–Trinajstić information content (AvgIpc) is 3.17. The summed E-state index contributed by atoms with van der Waals surface area (Å²) in [7, 11) is 0. The van der Waals surface area contributed by atoms with E-state index in [2.05, 4.69) is 0 Å². The van der Waals surface area contributed by atoms with Gasteiger partial charge in [-0.25, -0.2) is 4.79 Å². The van der Waals surface area contributed by atoms with E-state index in [4.69, 9.17) is 4.84 Å². The van der Waals surface area contributed by atoms with Gasteiger partial charge in [0, 0.05) is 12.1 Å².